The zero-order valence-electron chi connectivity index (χ0n) is 13.9. The van der Waals surface area contributed by atoms with Gasteiger partial charge in [0.1, 0.15) is 11.6 Å². The molecule has 7 heteroatoms. The van der Waals surface area contributed by atoms with Crippen LogP contribution in [0.2, 0.25) is 0 Å². The lowest BCUT2D eigenvalue weighted by Gasteiger charge is -2.22. The lowest BCUT2D eigenvalue weighted by Crippen LogP contribution is -2.36. The van der Waals surface area contributed by atoms with Crippen LogP contribution >= 0.6 is 0 Å². The molecule has 134 valence electrons. The minimum atomic E-state index is -2.97. The van der Waals surface area contributed by atoms with Crippen molar-refractivity contribution in [3.05, 3.63) is 29.3 Å². The monoisotopic (exact) mass is 350 g/mol. The summed E-state index contributed by atoms with van der Waals surface area (Å²) in [4.78, 5) is 12.3. The molecule has 1 N–H and O–H groups in total. The van der Waals surface area contributed by atoms with E-state index in [4.69, 9.17) is 4.74 Å². The Balaban J connectivity index is 2.15. The fourth-order valence-corrected chi connectivity index (χ4v) is 2.79. The van der Waals surface area contributed by atoms with Crippen LogP contribution in [-0.2, 0) is 4.79 Å². The number of nitrogens with zero attached hydrogens (tertiary/aromatic N) is 1. The molecule has 2 rings (SSSR count). The highest BCUT2D eigenvalue weighted by Gasteiger charge is 2.18. The van der Waals surface area contributed by atoms with E-state index < -0.39 is 12.5 Å². The Kier molecular flexibility index (Phi) is 6.75. The zero-order chi connectivity index (χ0) is 18.2. The van der Waals surface area contributed by atoms with E-state index in [1.807, 2.05) is 6.07 Å². The number of nitriles is 1. The van der Waals surface area contributed by atoms with Gasteiger partial charge in [-0.1, -0.05) is 25.3 Å². The van der Waals surface area contributed by atoms with Crippen LogP contribution in [0.3, 0.4) is 0 Å². The molecule has 25 heavy (non-hydrogen) atoms. The maximum absolute atomic E-state index is 12.3. The van der Waals surface area contributed by atoms with E-state index in [-0.39, 0.29) is 23.1 Å². The quantitative estimate of drug-likeness (QED) is 0.628. The van der Waals surface area contributed by atoms with Gasteiger partial charge in [0, 0.05) is 6.04 Å². The molecule has 0 bridgehead atoms. The Labute approximate surface area is 145 Å². The van der Waals surface area contributed by atoms with Crippen LogP contribution in [0.1, 0.15) is 37.7 Å². The third-order valence-electron chi connectivity index (χ3n) is 4.02. The minimum absolute atomic E-state index is 0.0462. The highest BCUT2D eigenvalue weighted by Crippen LogP contribution is 2.30. The van der Waals surface area contributed by atoms with Crippen LogP contribution in [0.25, 0.3) is 6.08 Å². The molecular weight excluding hydrogens is 330 g/mol. The van der Waals surface area contributed by atoms with E-state index >= 15 is 0 Å². The number of hydrogen-bond donors (Lipinski definition) is 1. The van der Waals surface area contributed by atoms with Gasteiger partial charge < -0.3 is 14.8 Å². The molecule has 0 saturated heterocycles. The predicted octanol–water partition coefficient (Wildman–Crippen LogP) is 3.65. The first-order valence-corrected chi connectivity index (χ1v) is 8.09. The second-order valence-corrected chi connectivity index (χ2v) is 5.77. The number of benzene rings is 1. The van der Waals surface area contributed by atoms with Gasteiger partial charge in [0.05, 0.1) is 7.11 Å². The number of carbonyl (C=O) groups is 1. The van der Waals surface area contributed by atoms with Gasteiger partial charge in [-0.05, 0) is 36.6 Å². The number of amides is 1. The molecule has 0 unspecified atom stereocenters. The number of hydrogen-bond acceptors (Lipinski definition) is 4. The molecule has 5 nitrogen and oxygen atoms in total. The van der Waals surface area contributed by atoms with Crippen LogP contribution < -0.4 is 14.8 Å². The Bertz CT molecular complexity index is 677. The largest absolute Gasteiger partial charge is 0.493 e. The predicted molar refractivity (Wildman–Crippen MR) is 88.2 cm³/mol. The van der Waals surface area contributed by atoms with Crippen molar-refractivity contribution in [1.82, 2.24) is 5.32 Å². The van der Waals surface area contributed by atoms with Crippen LogP contribution in [0.5, 0.6) is 11.5 Å². The van der Waals surface area contributed by atoms with Gasteiger partial charge in [0.15, 0.2) is 11.5 Å². The second kappa shape index (κ2) is 9.02. The standard InChI is InChI=1S/C18H20F2N2O3/c1-24-16-10-12(7-8-15(16)25-18(19)20)9-13(11-21)17(23)22-14-5-3-2-4-6-14/h7-10,14,18H,2-6H2,1H3,(H,22,23)/b13-9-. The maximum Gasteiger partial charge on any atom is 0.387 e. The van der Waals surface area contributed by atoms with Crippen LogP contribution in [0.4, 0.5) is 8.78 Å². The van der Waals surface area contributed by atoms with Gasteiger partial charge in [0.25, 0.3) is 5.91 Å². The normalized spacial score (nSPS) is 15.6. The summed E-state index contributed by atoms with van der Waals surface area (Å²) in [5.74, 6) is -0.444. The molecule has 1 aromatic rings. The van der Waals surface area contributed by atoms with Gasteiger partial charge in [-0.2, -0.15) is 14.0 Å². The molecule has 1 saturated carbocycles. The van der Waals surface area contributed by atoms with Gasteiger partial charge in [-0.15, -0.1) is 0 Å². The van der Waals surface area contributed by atoms with Crippen LogP contribution in [-0.4, -0.2) is 25.7 Å². The first-order valence-electron chi connectivity index (χ1n) is 8.09. The highest BCUT2D eigenvalue weighted by molar-refractivity contribution is 6.01. The molecule has 0 atom stereocenters. The molecule has 0 heterocycles. The van der Waals surface area contributed by atoms with Crippen molar-refractivity contribution in [2.45, 2.75) is 44.8 Å². The van der Waals surface area contributed by atoms with Gasteiger partial charge in [-0.25, -0.2) is 0 Å². The summed E-state index contributed by atoms with van der Waals surface area (Å²) in [5, 5.41) is 12.1. The lowest BCUT2D eigenvalue weighted by molar-refractivity contribution is -0.117. The summed E-state index contributed by atoms with van der Waals surface area (Å²) < 4.78 is 34.0. The van der Waals surface area contributed by atoms with Crippen LogP contribution in [0, 0.1) is 11.3 Å². The van der Waals surface area contributed by atoms with Crippen molar-refractivity contribution in [1.29, 1.82) is 5.26 Å². The number of halogens is 2. The van der Waals surface area contributed by atoms with E-state index in [0.717, 1.165) is 25.7 Å². The number of carbonyl (C=O) groups excluding carboxylic acids is 1. The molecule has 0 radical (unpaired) electrons. The molecule has 1 aliphatic carbocycles. The average molecular weight is 350 g/mol. The van der Waals surface area contributed by atoms with Gasteiger partial charge in [-0.3, -0.25) is 4.79 Å². The number of alkyl halides is 2. The molecule has 1 amide bonds. The average Bonchev–Trinajstić information content (AvgIpc) is 2.61. The smallest absolute Gasteiger partial charge is 0.387 e. The van der Waals surface area contributed by atoms with E-state index in [0.29, 0.717) is 5.56 Å². The van der Waals surface area contributed by atoms with Crippen molar-refractivity contribution in [3.63, 3.8) is 0 Å². The summed E-state index contributed by atoms with van der Waals surface area (Å²) >= 11 is 0. The molecule has 1 aliphatic rings. The van der Waals surface area contributed by atoms with E-state index in [9.17, 15) is 18.8 Å². The first kappa shape index (κ1) is 18.7. The summed E-state index contributed by atoms with van der Waals surface area (Å²) in [6.07, 6.45) is 6.53. The molecule has 0 spiro atoms. The summed E-state index contributed by atoms with van der Waals surface area (Å²) in [5.41, 5.74) is 0.434. The van der Waals surface area contributed by atoms with Gasteiger partial charge in [0.2, 0.25) is 0 Å². The molecule has 0 aromatic heterocycles. The van der Waals surface area contributed by atoms with E-state index in [2.05, 4.69) is 10.1 Å². The number of nitrogens with one attached hydrogen (secondary N) is 1. The first-order chi connectivity index (χ1) is 12.0. The Morgan fingerprint density at radius 1 is 1.32 bits per heavy atom. The number of rotatable bonds is 6. The Morgan fingerprint density at radius 3 is 2.64 bits per heavy atom. The summed E-state index contributed by atoms with van der Waals surface area (Å²) in [6.45, 7) is -2.97. The third kappa shape index (κ3) is 5.45. The molecule has 1 fully saturated rings. The SMILES string of the molecule is COc1cc(/C=C(/C#N)C(=O)NC2CCCCC2)ccc1OC(F)F. The topological polar surface area (TPSA) is 71.3 Å². The minimum Gasteiger partial charge on any atom is -0.493 e. The van der Waals surface area contributed by atoms with Crippen molar-refractivity contribution >= 4 is 12.0 Å². The number of ether oxygens (including phenoxy) is 2. The van der Waals surface area contributed by atoms with Crippen molar-refractivity contribution in [2.75, 3.05) is 7.11 Å². The van der Waals surface area contributed by atoms with Crippen LogP contribution in [0.15, 0.2) is 23.8 Å². The molecular formula is C18H20F2N2O3. The second-order valence-electron chi connectivity index (χ2n) is 5.77. The fraction of sp³-hybridized carbons (Fsp3) is 0.444. The van der Waals surface area contributed by atoms with E-state index in [1.54, 1.807) is 0 Å². The Morgan fingerprint density at radius 2 is 2.04 bits per heavy atom. The molecule has 0 aliphatic heterocycles. The fourth-order valence-electron chi connectivity index (χ4n) is 2.79. The maximum atomic E-state index is 12.3. The highest BCUT2D eigenvalue weighted by atomic mass is 19.3. The summed E-state index contributed by atoms with van der Waals surface area (Å²) in [7, 11) is 1.32. The van der Waals surface area contributed by atoms with Crippen molar-refractivity contribution in [3.8, 4) is 17.6 Å². The van der Waals surface area contributed by atoms with Gasteiger partial charge >= 0.3 is 6.61 Å². The van der Waals surface area contributed by atoms with Crippen molar-refractivity contribution < 1.29 is 23.0 Å². The lowest BCUT2D eigenvalue weighted by atomic mass is 9.95. The number of methoxy groups -OCH3 is 1. The third-order valence-corrected chi connectivity index (χ3v) is 4.02. The Hall–Kier alpha value is -2.62. The summed E-state index contributed by atoms with van der Waals surface area (Å²) in [6, 6.07) is 6.19. The van der Waals surface area contributed by atoms with Crippen molar-refractivity contribution in [2.24, 2.45) is 0 Å². The zero-order valence-corrected chi connectivity index (χ0v) is 13.9. The molecule has 1 aromatic carbocycles. The van der Waals surface area contributed by atoms with E-state index in [1.165, 1.54) is 37.8 Å².